The van der Waals surface area contributed by atoms with Crippen LogP contribution in [0.1, 0.15) is 22.8 Å². The van der Waals surface area contributed by atoms with Crippen molar-refractivity contribution >= 4 is 38.5 Å². The van der Waals surface area contributed by atoms with Gasteiger partial charge in [0.05, 0.1) is 0 Å². The summed E-state index contributed by atoms with van der Waals surface area (Å²) in [7, 11) is -10.6. The number of epoxide rings is 2. The number of carbonyl (C=O) groups excluding carboxylic acids is 1. The number of hydrogen-bond donors (Lipinski definition) is 8. The number of rotatable bonds is 11. The Morgan fingerprint density at radius 1 is 1.05 bits per heavy atom. The molecule has 0 saturated carbocycles. The number of pyridine rings is 1. The molecule has 0 aromatic carbocycles. The van der Waals surface area contributed by atoms with E-state index in [0.717, 1.165) is 0 Å². The van der Waals surface area contributed by atoms with Crippen molar-refractivity contribution in [1.29, 1.82) is 0 Å². The summed E-state index contributed by atoms with van der Waals surface area (Å²) >= 11 is 0. The predicted octanol–water partition coefficient (Wildman–Crippen LogP) is -3.26. The van der Waals surface area contributed by atoms with Gasteiger partial charge < -0.3 is 50.4 Å². The third kappa shape index (κ3) is 4.18. The Bertz CT molecular complexity index is 1800. The van der Waals surface area contributed by atoms with Gasteiger partial charge in [-0.1, -0.05) is 0 Å². The Balaban J connectivity index is 0.944. The van der Waals surface area contributed by atoms with E-state index in [-0.39, 0.29) is 22.5 Å². The van der Waals surface area contributed by atoms with Crippen LogP contribution in [0.3, 0.4) is 0 Å². The van der Waals surface area contributed by atoms with E-state index >= 15 is 0 Å². The number of primary amides is 1. The van der Waals surface area contributed by atoms with Crippen LogP contribution >= 0.6 is 15.6 Å². The van der Waals surface area contributed by atoms with Gasteiger partial charge in [-0.15, -0.1) is 4.57 Å². The number of carbonyl (C=O) groups is 1. The molecule has 0 spiro atoms. The average molecular weight is 662 g/mol. The quantitative estimate of drug-likeness (QED) is 0.0432. The fourth-order valence-electron chi connectivity index (χ4n) is 5.93. The van der Waals surface area contributed by atoms with Crippen LogP contribution in [0.2, 0.25) is 0 Å². The number of nitrogen functional groups attached to an aromatic ring is 1. The minimum Gasteiger partial charge on any atom is -0.382 e. The number of phosphoric ester groups is 2. The molecule has 2 unspecified atom stereocenters. The Morgan fingerprint density at radius 3 is 2.34 bits per heavy atom. The molecular weight excluding hydrogens is 636 g/mol. The molecule has 23 heteroatoms. The summed E-state index contributed by atoms with van der Waals surface area (Å²) in [6.45, 7) is -1.50. The Kier molecular flexibility index (Phi) is 6.41. The fraction of sp³-hybridized carbons (Fsp3) is 0.476. The maximum atomic E-state index is 12.5. The van der Waals surface area contributed by atoms with Crippen LogP contribution in [0.4, 0.5) is 5.82 Å². The first-order valence-corrected chi connectivity index (χ1v) is 15.8. The maximum Gasteiger partial charge on any atom is 0.481 e. The lowest BCUT2D eigenvalue weighted by Gasteiger charge is -2.29. The molecule has 3 aromatic heterocycles. The molecule has 4 aliphatic rings. The molecule has 4 fully saturated rings. The molecule has 44 heavy (non-hydrogen) atoms. The van der Waals surface area contributed by atoms with Crippen LogP contribution in [-0.2, 0) is 31.2 Å². The van der Waals surface area contributed by atoms with Crippen LogP contribution < -0.4 is 16.0 Å². The van der Waals surface area contributed by atoms with Crippen molar-refractivity contribution in [2.75, 3.05) is 18.9 Å². The largest absolute Gasteiger partial charge is 0.481 e. The number of aliphatic hydroxyl groups is 4. The van der Waals surface area contributed by atoms with E-state index in [1.54, 1.807) is 0 Å². The lowest BCUT2D eigenvalue weighted by Crippen LogP contribution is -2.56. The number of anilines is 1. The van der Waals surface area contributed by atoms with E-state index in [9.17, 15) is 44.1 Å². The van der Waals surface area contributed by atoms with Gasteiger partial charge in [-0.05, 0) is 6.07 Å². The highest BCUT2D eigenvalue weighted by Gasteiger charge is 2.98. The second-order valence-corrected chi connectivity index (χ2v) is 13.6. The van der Waals surface area contributed by atoms with Gasteiger partial charge in [0.2, 0.25) is 24.4 Å². The average Bonchev–Trinajstić information content (AvgIpc) is 3.60. The molecule has 4 aliphatic heterocycles. The Morgan fingerprint density at radius 2 is 1.68 bits per heavy atom. The highest BCUT2D eigenvalue weighted by molar-refractivity contribution is 7.61. The molecule has 1 amide bonds. The second-order valence-electron chi connectivity index (χ2n) is 10.5. The van der Waals surface area contributed by atoms with Gasteiger partial charge in [0.1, 0.15) is 36.9 Å². The Labute approximate surface area is 245 Å². The zero-order valence-electron chi connectivity index (χ0n) is 22.1. The standard InChI is InChI=1S/C21H23N7O14P2/c22-15-12-17(25-7-24-15)28(8-26-12)19-21(33)14(30)11(42(19)21)6-39-44(36,37)40-43(34,35)38-5-10-13(29)20(32)18(41(10)20)27-3-1-2-9(4-27)16(23)31/h1-4,7-8,10-11,13-14,18-19,29-30,32-33H,5-6H2,(H3-3,22,23,24,25,31,34,35,36,37)/p+3/t10-,11-,13-,14-,18-,19-,20-,21+/m1/s1. The van der Waals surface area contributed by atoms with Crippen LogP contribution in [0, 0.1) is 0 Å². The van der Waals surface area contributed by atoms with Crippen molar-refractivity contribution in [3.05, 3.63) is 42.7 Å². The first-order chi connectivity index (χ1) is 20.6. The fourth-order valence-corrected chi connectivity index (χ4v) is 8.02. The van der Waals surface area contributed by atoms with Gasteiger partial charge in [-0.25, -0.2) is 28.6 Å². The van der Waals surface area contributed by atoms with Crippen molar-refractivity contribution in [2.24, 2.45) is 5.73 Å². The highest BCUT2D eigenvalue weighted by atomic mass is 31.3. The van der Waals surface area contributed by atoms with E-state index in [1.165, 1.54) is 46.3 Å². The van der Waals surface area contributed by atoms with Crippen LogP contribution in [0.25, 0.3) is 11.2 Å². The molecule has 10 atom stereocenters. The molecule has 0 bridgehead atoms. The van der Waals surface area contributed by atoms with Crippen LogP contribution in [-0.4, -0.2) is 105 Å². The van der Waals surface area contributed by atoms with Crippen LogP contribution in [0.15, 0.2) is 37.2 Å². The third-order valence-electron chi connectivity index (χ3n) is 8.06. The normalized spacial score (nSPS) is 36.8. The predicted molar refractivity (Wildman–Crippen MR) is 137 cm³/mol. The Hall–Kier alpha value is -3.01. The molecule has 4 saturated heterocycles. The molecule has 7 heterocycles. The number of aliphatic hydroxyl groups excluding tert-OH is 2. The SMILES string of the molecule is NC(=O)c1ccc[n+]([C@@H]2[O+]3[C@H](COP(=O)(O)OP(=O)(O)OC[C@@H]4[C@@H](O)[C@@]5(O)[C@H](n6cnc7c(N)ncnc76)[O+]45)[C@@H](O)[C@]23O)c1. The first-order valence-electron chi connectivity index (χ1n) is 12.8. The summed E-state index contributed by atoms with van der Waals surface area (Å²) in [6, 6.07) is 2.93. The zero-order valence-corrected chi connectivity index (χ0v) is 23.9. The summed E-state index contributed by atoms with van der Waals surface area (Å²) in [4.78, 5) is 43.6. The van der Waals surface area contributed by atoms with E-state index in [2.05, 4.69) is 28.0 Å². The van der Waals surface area contributed by atoms with E-state index in [0.29, 0.717) is 0 Å². The van der Waals surface area contributed by atoms with Crippen molar-refractivity contribution in [3.63, 3.8) is 0 Å². The number of imidazole rings is 1. The minimum atomic E-state index is -5.30. The van der Waals surface area contributed by atoms with Crippen molar-refractivity contribution in [3.8, 4) is 0 Å². The monoisotopic (exact) mass is 662 g/mol. The van der Waals surface area contributed by atoms with Crippen molar-refractivity contribution in [2.45, 2.75) is 48.4 Å². The molecule has 7 rings (SSSR count). The van der Waals surface area contributed by atoms with Gasteiger partial charge in [0.15, 0.2) is 23.9 Å². The highest BCUT2D eigenvalue weighted by Crippen LogP contribution is 2.69. The summed E-state index contributed by atoms with van der Waals surface area (Å²) in [5, 5.41) is 42.4. The van der Waals surface area contributed by atoms with Gasteiger partial charge >= 0.3 is 39.7 Å². The third-order valence-corrected chi connectivity index (χ3v) is 10.7. The number of phosphoric acid groups is 2. The number of nitrogens with two attached hydrogens (primary N) is 2. The molecule has 0 aliphatic carbocycles. The molecule has 3 aromatic rings. The summed E-state index contributed by atoms with van der Waals surface area (Å²) < 4.78 is 46.2. The van der Waals surface area contributed by atoms with Gasteiger partial charge in [0.25, 0.3) is 5.91 Å². The molecule has 0 radical (unpaired) electrons. The van der Waals surface area contributed by atoms with E-state index in [4.69, 9.17) is 20.5 Å². The van der Waals surface area contributed by atoms with E-state index < -0.39 is 83.2 Å². The summed E-state index contributed by atoms with van der Waals surface area (Å²) in [5.41, 5.74) is 11.7. The topological polar surface area (TPSA) is 305 Å². The maximum absolute atomic E-state index is 12.5. The van der Waals surface area contributed by atoms with Crippen molar-refractivity contribution in [1.82, 2.24) is 19.5 Å². The summed E-state index contributed by atoms with van der Waals surface area (Å²) in [6.07, 6.45) is -1.80. The molecule has 21 nitrogen and oxygen atoms in total. The lowest BCUT2D eigenvalue weighted by molar-refractivity contribution is -0.728. The first kappa shape index (κ1) is 29.7. The number of nitrogens with zero attached hydrogens (tertiary/aromatic N) is 5. The van der Waals surface area contributed by atoms with E-state index in [1.807, 2.05) is 0 Å². The number of aromatic nitrogens is 5. The lowest BCUT2D eigenvalue weighted by atomic mass is 10.0. The minimum absolute atomic E-state index is 0.0901. The van der Waals surface area contributed by atoms with Gasteiger partial charge in [-0.3, -0.25) is 13.8 Å². The number of amides is 1. The second kappa shape index (κ2) is 9.50. The van der Waals surface area contributed by atoms with Crippen molar-refractivity contribution < 1.29 is 70.8 Å². The summed E-state index contributed by atoms with van der Waals surface area (Å²) in [5.74, 6) is -4.30. The van der Waals surface area contributed by atoms with Crippen LogP contribution in [0.5, 0.6) is 0 Å². The number of hydrogen-bond acceptors (Lipinski definition) is 14. The zero-order chi connectivity index (χ0) is 31.6. The smallest absolute Gasteiger partial charge is 0.382 e. The molecule has 10 N–H and O–H groups in total. The number of fused-ring (bicyclic) bond motifs is 3. The van der Waals surface area contributed by atoms with Gasteiger partial charge in [0, 0.05) is 6.07 Å². The molecule has 236 valence electrons. The van der Waals surface area contributed by atoms with Gasteiger partial charge in [-0.2, -0.15) is 4.31 Å². The molecular formula is C21H26N7O14P2+3.